The van der Waals surface area contributed by atoms with Gasteiger partial charge in [-0.3, -0.25) is 9.69 Å². The Morgan fingerprint density at radius 1 is 1.14 bits per heavy atom. The van der Waals surface area contributed by atoms with Crippen molar-refractivity contribution in [1.82, 2.24) is 4.90 Å². The normalized spacial score (nSPS) is 19.2. The van der Waals surface area contributed by atoms with Gasteiger partial charge in [0, 0.05) is 12.2 Å². The van der Waals surface area contributed by atoms with Crippen molar-refractivity contribution in [1.29, 1.82) is 0 Å². The Labute approximate surface area is 163 Å². The second-order valence-electron chi connectivity index (χ2n) is 7.50. The molecule has 3 nitrogen and oxygen atoms in total. The van der Waals surface area contributed by atoms with Gasteiger partial charge in [-0.25, -0.2) is 0 Å². The SMILES string of the molecule is Cc1ccc(C)c(NC(=O)[C@@H](c2ccccc2)N2CCC[C@@H](C(F)(F)F)C2)c1. The van der Waals surface area contributed by atoms with Crippen molar-refractivity contribution in [3.05, 3.63) is 65.2 Å². The molecular weight excluding hydrogens is 365 g/mol. The van der Waals surface area contributed by atoms with E-state index in [2.05, 4.69) is 5.32 Å². The van der Waals surface area contributed by atoms with Gasteiger partial charge in [0.15, 0.2) is 0 Å². The van der Waals surface area contributed by atoms with Crippen LogP contribution < -0.4 is 5.32 Å². The summed E-state index contributed by atoms with van der Waals surface area (Å²) in [5, 5.41) is 2.94. The number of hydrogen-bond acceptors (Lipinski definition) is 2. The third-order valence-corrected chi connectivity index (χ3v) is 5.30. The fourth-order valence-electron chi connectivity index (χ4n) is 3.74. The second-order valence-corrected chi connectivity index (χ2v) is 7.50. The molecule has 150 valence electrons. The number of aryl methyl sites for hydroxylation is 2. The first-order valence-corrected chi connectivity index (χ1v) is 9.49. The number of amides is 1. The van der Waals surface area contributed by atoms with Gasteiger partial charge in [0.2, 0.25) is 5.91 Å². The summed E-state index contributed by atoms with van der Waals surface area (Å²) < 4.78 is 39.9. The van der Waals surface area contributed by atoms with Gasteiger partial charge in [-0.05, 0) is 56.0 Å². The number of nitrogens with zero attached hydrogens (tertiary/aromatic N) is 1. The van der Waals surface area contributed by atoms with Gasteiger partial charge in [-0.2, -0.15) is 13.2 Å². The topological polar surface area (TPSA) is 32.3 Å². The van der Waals surface area contributed by atoms with Crippen molar-refractivity contribution in [3.8, 4) is 0 Å². The fourth-order valence-corrected chi connectivity index (χ4v) is 3.74. The molecule has 0 saturated carbocycles. The van der Waals surface area contributed by atoms with E-state index in [1.165, 1.54) is 0 Å². The van der Waals surface area contributed by atoms with Crippen LogP contribution in [0, 0.1) is 19.8 Å². The molecule has 0 bridgehead atoms. The molecule has 6 heteroatoms. The molecule has 2 aromatic carbocycles. The highest BCUT2D eigenvalue weighted by atomic mass is 19.4. The summed E-state index contributed by atoms with van der Waals surface area (Å²) in [5.74, 6) is -1.70. The standard InChI is InChI=1S/C22H25F3N2O/c1-15-10-11-16(2)19(13-15)26-21(28)20(17-7-4-3-5-8-17)27-12-6-9-18(14-27)22(23,24)25/h3-5,7-8,10-11,13,18,20H,6,9,12,14H2,1-2H3,(H,26,28)/t18-,20-/m1/s1. The highest BCUT2D eigenvalue weighted by Gasteiger charge is 2.44. The van der Waals surface area contributed by atoms with E-state index >= 15 is 0 Å². The summed E-state index contributed by atoms with van der Waals surface area (Å²) in [7, 11) is 0. The lowest BCUT2D eigenvalue weighted by Gasteiger charge is -2.38. The van der Waals surface area contributed by atoms with Gasteiger partial charge in [-0.1, -0.05) is 42.5 Å². The van der Waals surface area contributed by atoms with E-state index in [0.29, 0.717) is 24.2 Å². The Bertz CT molecular complexity index is 820. The number of halogens is 3. The smallest absolute Gasteiger partial charge is 0.324 e. The predicted molar refractivity (Wildman–Crippen MR) is 104 cm³/mol. The van der Waals surface area contributed by atoms with E-state index in [1.54, 1.807) is 29.2 Å². The van der Waals surface area contributed by atoms with E-state index in [9.17, 15) is 18.0 Å². The maximum absolute atomic E-state index is 13.3. The average molecular weight is 390 g/mol. The Morgan fingerprint density at radius 3 is 2.54 bits per heavy atom. The van der Waals surface area contributed by atoms with E-state index in [1.807, 2.05) is 38.1 Å². The molecule has 1 aliphatic heterocycles. The molecule has 1 saturated heterocycles. The Morgan fingerprint density at radius 2 is 1.86 bits per heavy atom. The number of carbonyl (C=O) groups is 1. The van der Waals surface area contributed by atoms with E-state index in [4.69, 9.17) is 0 Å². The third kappa shape index (κ3) is 4.73. The van der Waals surface area contributed by atoms with Crippen LogP contribution in [0.5, 0.6) is 0 Å². The molecule has 1 heterocycles. The molecule has 1 N–H and O–H groups in total. The van der Waals surface area contributed by atoms with Crippen LogP contribution >= 0.6 is 0 Å². The second kappa shape index (κ2) is 8.35. The minimum atomic E-state index is -4.25. The number of benzene rings is 2. The van der Waals surface area contributed by atoms with Gasteiger partial charge in [-0.15, -0.1) is 0 Å². The molecule has 2 aromatic rings. The fraction of sp³-hybridized carbons (Fsp3) is 0.409. The molecular formula is C22H25F3N2O. The zero-order valence-corrected chi connectivity index (χ0v) is 16.1. The van der Waals surface area contributed by atoms with Crippen LogP contribution in [0.3, 0.4) is 0 Å². The zero-order valence-electron chi connectivity index (χ0n) is 16.1. The largest absolute Gasteiger partial charge is 0.393 e. The first kappa shape index (κ1) is 20.4. The van der Waals surface area contributed by atoms with Crippen LogP contribution in [0.15, 0.2) is 48.5 Å². The monoisotopic (exact) mass is 390 g/mol. The van der Waals surface area contributed by atoms with Gasteiger partial charge < -0.3 is 5.32 Å². The van der Waals surface area contributed by atoms with Crippen LogP contribution in [0.2, 0.25) is 0 Å². The molecule has 28 heavy (non-hydrogen) atoms. The number of likely N-dealkylation sites (tertiary alicyclic amines) is 1. The van der Waals surface area contributed by atoms with Crippen molar-refractivity contribution >= 4 is 11.6 Å². The molecule has 0 spiro atoms. The van der Waals surface area contributed by atoms with Crippen molar-refractivity contribution in [2.75, 3.05) is 18.4 Å². The Balaban J connectivity index is 1.89. The van der Waals surface area contributed by atoms with Crippen molar-refractivity contribution < 1.29 is 18.0 Å². The summed E-state index contributed by atoms with van der Waals surface area (Å²) in [6.07, 6.45) is -3.71. The molecule has 0 aliphatic carbocycles. The maximum atomic E-state index is 13.3. The van der Waals surface area contributed by atoms with Gasteiger partial charge >= 0.3 is 6.18 Å². The van der Waals surface area contributed by atoms with E-state index < -0.39 is 18.1 Å². The number of nitrogens with one attached hydrogen (secondary N) is 1. The van der Waals surface area contributed by atoms with Crippen molar-refractivity contribution in [2.45, 2.75) is 38.9 Å². The minimum Gasteiger partial charge on any atom is -0.324 e. The molecule has 2 atom stereocenters. The number of rotatable bonds is 4. The van der Waals surface area contributed by atoms with Crippen LogP contribution in [0.1, 0.15) is 35.6 Å². The first-order chi connectivity index (χ1) is 13.3. The molecule has 3 rings (SSSR count). The van der Waals surface area contributed by atoms with Crippen LogP contribution in [-0.4, -0.2) is 30.1 Å². The van der Waals surface area contributed by atoms with Gasteiger partial charge in [0.1, 0.15) is 6.04 Å². The molecule has 0 aromatic heterocycles. The summed E-state index contributed by atoms with van der Waals surface area (Å²) in [4.78, 5) is 14.9. The lowest BCUT2D eigenvalue weighted by atomic mass is 9.94. The van der Waals surface area contributed by atoms with Gasteiger partial charge in [0.05, 0.1) is 5.92 Å². The Hall–Kier alpha value is -2.34. The third-order valence-electron chi connectivity index (χ3n) is 5.30. The number of alkyl halides is 3. The number of hydrogen-bond donors (Lipinski definition) is 1. The maximum Gasteiger partial charge on any atom is 0.393 e. The summed E-state index contributed by atoms with van der Waals surface area (Å²) in [5.41, 5.74) is 3.31. The molecule has 0 radical (unpaired) electrons. The van der Waals surface area contributed by atoms with Gasteiger partial charge in [0.25, 0.3) is 0 Å². The van der Waals surface area contributed by atoms with Crippen LogP contribution in [0.4, 0.5) is 18.9 Å². The summed E-state index contributed by atoms with van der Waals surface area (Å²) in [6.45, 7) is 4.13. The van der Waals surface area contributed by atoms with Crippen LogP contribution in [0.25, 0.3) is 0 Å². The van der Waals surface area contributed by atoms with Crippen LogP contribution in [-0.2, 0) is 4.79 Å². The van der Waals surface area contributed by atoms with Crippen molar-refractivity contribution in [2.24, 2.45) is 5.92 Å². The first-order valence-electron chi connectivity index (χ1n) is 9.49. The quantitative estimate of drug-likeness (QED) is 0.773. The lowest BCUT2D eigenvalue weighted by Crippen LogP contribution is -2.46. The highest BCUT2D eigenvalue weighted by molar-refractivity contribution is 5.96. The zero-order chi connectivity index (χ0) is 20.3. The minimum absolute atomic E-state index is 0.111. The average Bonchev–Trinajstić information content (AvgIpc) is 2.65. The van der Waals surface area contributed by atoms with Crippen molar-refractivity contribution in [3.63, 3.8) is 0 Å². The number of piperidine rings is 1. The summed E-state index contributed by atoms with van der Waals surface area (Å²) >= 11 is 0. The Kier molecular flexibility index (Phi) is 6.08. The molecule has 1 fully saturated rings. The molecule has 0 unspecified atom stereocenters. The van der Waals surface area contributed by atoms with E-state index in [0.717, 1.165) is 11.1 Å². The predicted octanol–water partition coefficient (Wildman–Crippen LogP) is 5.26. The molecule has 1 aliphatic rings. The summed E-state index contributed by atoms with van der Waals surface area (Å²) in [6, 6.07) is 14.0. The lowest BCUT2D eigenvalue weighted by molar-refractivity contribution is -0.189. The number of anilines is 1. The number of carbonyl (C=O) groups excluding carboxylic acids is 1. The highest BCUT2D eigenvalue weighted by Crippen LogP contribution is 2.36. The van der Waals surface area contributed by atoms with E-state index in [-0.39, 0.29) is 18.9 Å². The molecule has 1 amide bonds.